The Labute approximate surface area is 82.1 Å². The van der Waals surface area contributed by atoms with E-state index in [9.17, 15) is 9.59 Å². The number of hydrogen-bond donors (Lipinski definition) is 3. The molecule has 0 radical (unpaired) electrons. The number of nitrogens with one attached hydrogen (secondary N) is 2. The SMILES string of the molecule is NC(=O)CONC(=O)[C@@H]1CCCCN1. The summed E-state index contributed by atoms with van der Waals surface area (Å²) >= 11 is 0. The van der Waals surface area contributed by atoms with Crippen molar-refractivity contribution in [1.29, 1.82) is 0 Å². The molecule has 1 saturated heterocycles. The van der Waals surface area contributed by atoms with Gasteiger partial charge in [-0.15, -0.1) is 0 Å². The summed E-state index contributed by atoms with van der Waals surface area (Å²) in [6, 6.07) is -0.211. The minimum absolute atomic E-state index is 0.211. The number of hydrogen-bond acceptors (Lipinski definition) is 4. The second-order valence-electron chi connectivity index (χ2n) is 3.22. The predicted octanol–water partition coefficient (Wildman–Crippen LogP) is -1.34. The average Bonchev–Trinajstić information content (AvgIpc) is 2.18. The van der Waals surface area contributed by atoms with Crippen LogP contribution in [0.1, 0.15) is 19.3 Å². The highest BCUT2D eigenvalue weighted by molar-refractivity contribution is 5.81. The molecular formula is C8H15N3O3. The van der Waals surface area contributed by atoms with Crippen LogP contribution >= 0.6 is 0 Å². The summed E-state index contributed by atoms with van der Waals surface area (Å²) in [6.07, 6.45) is 2.92. The molecule has 0 spiro atoms. The first-order valence-corrected chi connectivity index (χ1v) is 4.63. The molecule has 0 aromatic heterocycles. The van der Waals surface area contributed by atoms with Gasteiger partial charge in [-0.25, -0.2) is 5.48 Å². The Balaban J connectivity index is 2.16. The van der Waals surface area contributed by atoms with Gasteiger partial charge in [0.15, 0.2) is 6.61 Å². The molecule has 6 nitrogen and oxygen atoms in total. The van der Waals surface area contributed by atoms with Crippen molar-refractivity contribution < 1.29 is 14.4 Å². The van der Waals surface area contributed by atoms with Crippen LogP contribution in [0.15, 0.2) is 0 Å². The van der Waals surface area contributed by atoms with Crippen LogP contribution in [-0.2, 0) is 14.4 Å². The Morgan fingerprint density at radius 1 is 1.50 bits per heavy atom. The van der Waals surface area contributed by atoms with Gasteiger partial charge in [0.25, 0.3) is 5.91 Å². The van der Waals surface area contributed by atoms with Crippen LogP contribution in [0.2, 0.25) is 0 Å². The van der Waals surface area contributed by atoms with Crippen molar-refractivity contribution in [2.45, 2.75) is 25.3 Å². The van der Waals surface area contributed by atoms with Gasteiger partial charge in [-0.3, -0.25) is 14.4 Å². The summed E-state index contributed by atoms with van der Waals surface area (Å²) in [4.78, 5) is 26.2. The number of primary amides is 1. The third kappa shape index (κ3) is 3.71. The highest BCUT2D eigenvalue weighted by atomic mass is 16.7. The minimum Gasteiger partial charge on any atom is -0.368 e. The maximum absolute atomic E-state index is 11.3. The molecule has 1 aliphatic rings. The van der Waals surface area contributed by atoms with Crippen LogP contribution in [-0.4, -0.2) is 31.0 Å². The first kappa shape index (κ1) is 10.9. The van der Waals surface area contributed by atoms with Crippen molar-refractivity contribution in [3.63, 3.8) is 0 Å². The lowest BCUT2D eigenvalue weighted by molar-refractivity contribution is -0.140. The first-order chi connectivity index (χ1) is 6.70. The molecule has 1 aliphatic heterocycles. The van der Waals surface area contributed by atoms with Crippen molar-refractivity contribution in [2.24, 2.45) is 5.73 Å². The Morgan fingerprint density at radius 3 is 2.86 bits per heavy atom. The zero-order chi connectivity index (χ0) is 10.4. The molecular weight excluding hydrogens is 186 g/mol. The Kier molecular flexibility index (Phi) is 4.34. The third-order valence-electron chi connectivity index (χ3n) is 2.01. The van der Waals surface area contributed by atoms with Gasteiger partial charge in [0.2, 0.25) is 5.91 Å². The summed E-state index contributed by atoms with van der Waals surface area (Å²) < 4.78 is 0. The topological polar surface area (TPSA) is 93.5 Å². The quantitative estimate of drug-likeness (QED) is 0.491. The average molecular weight is 201 g/mol. The third-order valence-corrected chi connectivity index (χ3v) is 2.01. The number of piperidine rings is 1. The standard InChI is InChI=1S/C8H15N3O3/c9-7(12)5-14-11-8(13)6-3-1-2-4-10-6/h6,10H,1-5H2,(H2,9,12)(H,11,13)/t6-/m0/s1. The lowest BCUT2D eigenvalue weighted by atomic mass is 10.1. The van der Waals surface area contributed by atoms with Crippen molar-refractivity contribution in [2.75, 3.05) is 13.2 Å². The van der Waals surface area contributed by atoms with Crippen molar-refractivity contribution in [1.82, 2.24) is 10.8 Å². The van der Waals surface area contributed by atoms with Crippen LogP contribution in [0, 0.1) is 0 Å². The zero-order valence-electron chi connectivity index (χ0n) is 7.91. The van der Waals surface area contributed by atoms with E-state index in [1.54, 1.807) is 0 Å². The monoisotopic (exact) mass is 201 g/mol. The van der Waals surface area contributed by atoms with E-state index in [-0.39, 0.29) is 18.6 Å². The van der Waals surface area contributed by atoms with E-state index in [0.29, 0.717) is 0 Å². The summed E-state index contributed by atoms with van der Waals surface area (Å²) in [6.45, 7) is 0.548. The number of carbonyl (C=O) groups excluding carboxylic acids is 2. The van der Waals surface area contributed by atoms with E-state index < -0.39 is 5.91 Å². The molecule has 0 aliphatic carbocycles. The highest BCUT2D eigenvalue weighted by Gasteiger charge is 2.20. The van der Waals surface area contributed by atoms with Gasteiger partial charge in [0, 0.05) is 0 Å². The van der Waals surface area contributed by atoms with E-state index in [0.717, 1.165) is 25.8 Å². The number of hydroxylamine groups is 1. The van der Waals surface area contributed by atoms with Gasteiger partial charge >= 0.3 is 0 Å². The molecule has 1 atom stereocenters. The molecule has 0 bridgehead atoms. The molecule has 1 fully saturated rings. The first-order valence-electron chi connectivity index (χ1n) is 4.63. The van der Waals surface area contributed by atoms with Gasteiger partial charge in [-0.1, -0.05) is 6.42 Å². The Hall–Kier alpha value is -1.14. The molecule has 0 unspecified atom stereocenters. The molecule has 80 valence electrons. The van der Waals surface area contributed by atoms with E-state index in [2.05, 4.69) is 15.6 Å². The van der Waals surface area contributed by atoms with Crippen LogP contribution in [0.3, 0.4) is 0 Å². The maximum Gasteiger partial charge on any atom is 0.260 e. The molecule has 4 N–H and O–H groups in total. The summed E-state index contributed by atoms with van der Waals surface area (Å²) in [5, 5.41) is 3.05. The van der Waals surface area contributed by atoms with Gasteiger partial charge < -0.3 is 11.1 Å². The summed E-state index contributed by atoms with van der Waals surface area (Å²) in [5.74, 6) is -0.854. The Morgan fingerprint density at radius 2 is 2.29 bits per heavy atom. The Bertz CT molecular complexity index is 214. The second kappa shape index (κ2) is 5.56. The molecule has 2 amide bonds. The lowest BCUT2D eigenvalue weighted by Crippen LogP contribution is -2.47. The van der Waals surface area contributed by atoms with Gasteiger partial charge in [-0.05, 0) is 19.4 Å². The van der Waals surface area contributed by atoms with E-state index in [4.69, 9.17) is 5.73 Å². The fourth-order valence-electron chi connectivity index (χ4n) is 1.33. The molecule has 1 rings (SSSR count). The highest BCUT2D eigenvalue weighted by Crippen LogP contribution is 2.06. The summed E-state index contributed by atoms with van der Waals surface area (Å²) in [5.41, 5.74) is 7.01. The van der Waals surface area contributed by atoms with E-state index >= 15 is 0 Å². The molecule has 0 aromatic carbocycles. The number of nitrogens with two attached hydrogens (primary N) is 1. The number of rotatable bonds is 4. The van der Waals surface area contributed by atoms with Crippen LogP contribution in [0.5, 0.6) is 0 Å². The largest absolute Gasteiger partial charge is 0.368 e. The smallest absolute Gasteiger partial charge is 0.260 e. The minimum atomic E-state index is -0.609. The molecule has 1 heterocycles. The fraction of sp³-hybridized carbons (Fsp3) is 0.750. The second-order valence-corrected chi connectivity index (χ2v) is 3.22. The van der Waals surface area contributed by atoms with Crippen molar-refractivity contribution >= 4 is 11.8 Å². The molecule has 0 saturated carbocycles. The maximum atomic E-state index is 11.3. The number of amides is 2. The van der Waals surface area contributed by atoms with E-state index in [1.807, 2.05) is 0 Å². The predicted molar refractivity (Wildman–Crippen MR) is 48.9 cm³/mol. The lowest BCUT2D eigenvalue weighted by Gasteiger charge is -2.21. The number of carbonyl (C=O) groups is 2. The van der Waals surface area contributed by atoms with Crippen LogP contribution < -0.4 is 16.5 Å². The normalized spacial score (nSPS) is 21.6. The zero-order valence-corrected chi connectivity index (χ0v) is 7.91. The van der Waals surface area contributed by atoms with Crippen LogP contribution in [0.4, 0.5) is 0 Å². The van der Waals surface area contributed by atoms with Crippen LogP contribution in [0.25, 0.3) is 0 Å². The van der Waals surface area contributed by atoms with E-state index in [1.165, 1.54) is 0 Å². The van der Waals surface area contributed by atoms with Gasteiger partial charge in [0.05, 0.1) is 6.04 Å². The molecule has 0 aromatic rings. The molecule has 6 heteroatoms. The summed E-state index contributed by atoms with van der Waals surface area (Å²) in [7, 11) is 0. The molecule has 14 heavy (non-hydrogen) atoms. The van der Waals surface area contributed by atoms with Gasteiger partial charge in [-0.2, -0.15) is 0 Å². The van der Waals surface area contributed by atoms with Crippen molar-refractivity contribution in [3.05, 3.63) is 0 Å². The van der Waals surface area contributed by atoms with Gasteiger partial charge in [0.1, 0.15) is 0 Å². The fourth-order valence-corrected chi connectivity index (χ4v) is 1.33. The van der Waals surface area contributed by atoms with Crippen molar-refractivity contribution in [3.8, 4) is 0 Å².